The predicted octanol–water partition coefficient (Wildman–Crippen LogP) is -1.10. The SMILES string of the molecule is COCCNC(=O)CN1CC2CNCC2C1. The van der Waals surface area contributed by atoms with E-state index in [0.29, 0.717) is 19.7 Å². The van der Waals surface area contributed by atoms with Crippen molar-refractivity contribution in [2.45, 2.75) is 0 Å². The molecule has 2 heterocycles. The van der Waals surface area contributed by atoms with Gasteiger partial charge in [-0.15, -0.1) is 0 Å². The lowest BCUT2D eigenvalue weighted by molar-refractivity contribution is -0.122. The van der Waals surface area contributed by atoms with Gasteiger partial charge >= 0.3 is 0 Å². The van der Waals surface area contributed by atoms with Gasteiger partial charge in [-0.05, 0) is 24.9 Å². The smallest absolute Gasteiger partial charge is 0.234 e. The van der Waals surface area contributed by atoms with E-state index in [1.807, 2.05) is 0 Å². The van der Waals surface area contributed by atoms with Gasteiger partial charge in [0.25, 0.3) is 0 Å². The lowest BCUT2D eigenvalue weighted by Gasteiger charge is -2.16. The second-order valence-electron chi connectivity index (χ2n) is 4.72. The van der Waals surface area contributed by atoms with Crippen molar-refractivity contribution in [2.75, 3.05) is 53.0 Å². The molecule has 0 aromatic rings. The van der Waals surface area contributed by atoms with Gasteiger partial charge in [0.05, 0.1) is 13.2 Å². The van der Waals surface area contributed by atoms with Crippen molar-refractivity contribution in [2.24, 2.45) is 11.8 Å². The molecular weight excluding hydrogens is 206 g/mol. The third kappa shape index (κ3) is 2.93. The maximum Gasteiger partial charge on any atom is 0.234 e. The topological polar surface area (TPSA) is 53.6 Å². The Balaban J connectivity index is 1.65. The van der Waals surface area contributed by atoms with Gasteiger partial charge in [-0.3, -0.25) is 9.69 Å². The fourth-order valence-electron chi connectivity index (χ4n) is 2.63. The number of nitrogens with zero attached hydrogens (tertiary/aromatic N) is 1. The Morgan fingerprint density at radius 3 is 2.75 bits per heavy atom. The number of carbonyl (C=O) groups excluding carboxylic acids is 1. The summed E-state index contributed by atoms with van der Waals surface area (Å²) in [6.45, 7) is 6.10. The van der Waals surface area contributed by atoms with Crippen molar-refractivity contribution in [1.82, 2.24) is 15.5 Å². The molecule has 0 aliphatic carbocycles. The summed E-state index contributed by atoms with van der Waals surface area (Å²) in [6, 6.07) is 0. The van der Waals surface area contributed by atoms with Gasteiger partial charge < -0.3 is 15.4 Å². The molecule has 0 spiro atoms. The summed E-state index contributed by atoms with van der Waals surface area (Å²) >= 11 is 0. The molecule has 0 aromatic carbocycles. The molecule has 2 saturated heterocycles. The summed E-state index contributed by atoms with van der Waals surface area (Å²) < 4.78 is 4.89. The van der Waals surface area contributed by atoms with Gasteiger partial charge in [-0.2, -0.15) is 0 Å². The molecule has 2 rings (SSSR count). The van der Waals surface area contributed by atoms with E-state index >= 15 is 0 Å². The van der Waals surface area contributed by atoms with Crippen LogP contribution in [0, 0.1) is 11.8 Å². The first kappa shape index (κ1) is 11.8. The summed E-state index contributed by atoms with van der Waals surface area (Å²) in [5.74, 6) is 1.63. The number of hydrogen-bond acceptors (Lipinski definition) is 4. The van der Waals surface area contributed by atoms with Gasteiger partial charge in [-0.1, -0.05) is 0 Å². The number of nitrogens with one attached hydrogen (secondary N) is 2. The third-order valence-electron chi connectivity index (χ3n) is 3.46. The highest BCUT2D eigenvalue weighted by Crippen LogP contribution is 2.25. The Hall–Kier alpha value is -0.650. The Labute approximate surface area is 96.5 Å². The van der Waals surface area contributed by atoms with E-state index in [1.165, 1.54) is 0 Å². The predicted molar refractivity (Wildman–Crippen MR) is 61.2 cm³/mol. The highest BCUT2D eigenvalue weighted by molar-refractivity contribution is 5.78. The van der Waals surface area contributed by atoms with Crippen molar-refractivity contribution in [3.63, 3.8) is 0 Å². The van der Waals surface area contributed by atoms with E-state index in [9.17, 15) is 4.79 Å². The number of likely N-dealkylation sites (tertiary alicyclic amines) is 1. The number of amides is 1. The monoisotopic (exact) mass is 227 g/mol. The Bertz CT molecular complexity index is 235. The van der Waals surface area contributed by atoms with Crippen LogP contribution in [0.4, 0.5) is 0 Å². The molecule has 5 nitrogen and oxygen atoms in total. The minimum atomic E-state index is 0.116. The summed E-state index contributed by atoms with van der Waals surface area (Å²) in [4.78, 5) is 13.8. The minimum absolute atomic E-state index is 0.116. The fraction of sp³-hybridized carbons (Fsp3) is 0.909. The Morgan fingerprint density at radius 1 is 1.44 bits per heavy atom. The van der Waals surface area contributed by atoms with Crippen molar-refractivity contribution >= 4 is 5.91 Å². The number of ether oxygens (including phenoxy) is 1. The normalized spacial score (nSPS) is 29.3. The average Bonchev–Trinajstić information content (AvgIpc) is 2.78. The molecule has 2 N–H and O–H groups in total. The van der Waals surface area contributed by atoms with E-state index in [4.69, 9.17) is 4.74 Å². The fourth-order valence-corrected chi connectivity index (χ4v) is 2.63. The number of carbonyl (C=O) groups is 1. The molecule has 0 saturated carbocycles. The molecule has 1 amide bonds. The number of hydrogen-bond donors (Lipinski definition) is 2. The van der Waals surface area contributed by atoms with Crippen LogP contribution in [0.25, 0.3) is 0 Å². The maximum atomic E-state index is 11.6. The molecule has 2 unspecified atom stereocenters. The molecule has 16 heavy (non-hydrogen) atoms. The van der Waals surface area contributed by atoms with Crippen LogP contribution in [0.2, 0.25) is 0 Å². The van der Waals surface area contributed by atoms with E-state index in [1.54, 1.807) is 7.11 Å². The molecule has 2 aliphatic rings. The summed E-state index contributed by atoms with van der Waals surface area (Å²) in [5, 5.41) is 6.25. The largest absolute Gasteiger partial charge is 0.383 e. The van der Waals surface area contributed by atoms with Crippen LogP contribution in [0.5, 0.6) is 0 Å². The zero-order valence-electron chi connectivity index (χ0n) is 9.87. The van der Waals surface area contributed by atoms with E-state index < -0.39 is 0 Å². The molecular formula is C11H21N3O2. The van der Waals surface area contributed by atoms with Gasteiger partial charge in [0.1, 0.15) is 0 Å². The second kappa shape index (κ2) is 5.61. The lowest BCUT2D eigenvalue weighted by atomic mass is 10.0. The first-order valence-corrected chi connectivity index (χ1v) is 5.98. The highest BCUT2D eigenvalue weighted by Gasteiger charge is 2.36. The first-order valence-electron chi connectivity index (χ1n) is 5.98. The molecule has 0 radical (unpaired) electrons. The molecule has 92 valence electrons. The van der Waals surface area contributed by atoms with E-state index in [0.717, 1.165) is 38.0 Å². The van der Waals surface area contributed by atoms with Gasteiger partial charge in [0.2, 0.25) is 5.91 Å². The van der Waals surface area contributed by atoms with Crippen molar-refractivity contribution in [3.05, 3.63) is 0 Å². The zero-order valence-corrected chi connectivity index (χ0v) is 9.87. The summed E-state index contributed by atoms with van der Waals surface area (Å²) in [5.41, 5.74) is 0. The van der Waals surface area contributed by atoms with E-state index in [2.05, 4.69) is 15.5 Å². The molecule has 2 atom stereocenters. The van der Waals surface area contributed by atoms with Crippen molar-refractivity contribution in [1.29, 1.82) is 0 Å². The lowest BCUT2D eigenvalue weighted by Crippen LogP contribution is -2.38. The van der Waals surface area contributed by atoms with Gasteiger partial charge in [0.15, 0.2) is 0 Å². The second-order valence-corrected chi connectivity index (χ2v) is 4.72. The highest BCUT2D eigenvalue weighted by atomic mass is 16.5. The Morgan fingerprint density at radius 2 is 2.12 bits per heavy atom. The number of fused-ring (bicyclic) bond motifs is 1. The van der Waals surface area contributed by atoms with Crippen molar-refractivity contribution in [3.8, 4) is 0 Å². The molecule has 2 fully saturated rings. The summed E-state index contributed by atoms with van der Waals surface area (Å²) in [6.07, 6.45) is 0. The molecule has 0 aromatic heterocycles. The summed E-state index contributed by atoms with van der Waals surface area (Å²) in [7, 11) is 1.64. The number of methoxy groups -OCH3 is 1. The van der Waals surface area contributed by atoms with Crippen molar-refractivity contribution < 1.29 is 9.53 Å². The minimum Gasteiger partial charge on any atom is -0.383 e. The Kier molecular flexibility index (Phi) is 4.15. The molecule has 0 bridgehead atoms. The van der Waals surface area contributed by atoms with Crippen LogP contribution >= 0.6 is 0 Å². The van der Waals surface area contributed by atoms with Crippen LogP contribution in [0.1, 0.15) is 0 Å². The molecule has 5 heteroatoms. The van der Waals surface area contributed by atoms with Crippen LogP contribution in [-0.4, -0.2) is 63.8 Å². The quantitative estimate of drug-likeness (QED) is 0.586. The standard InChI is InChI=1S/C11H21N3O2/c1-16-3-2-13-11(15)8-14-6-9-4-12-5-10(9)7-14/h9-10,12H,2-8H2,1H3,(H,13,15). The van der Waals surface area contributed by atoms with E-state index in [-0.39, 0.29) is 5.91 Å². The van der Waals surface area contributed by atoms with Gasteiger partial charge in [-0.25, -0.2) is 0 Å². The van der Waals surface area contributed by atoms with Gasteiger partial charge in [0, 0.05) is 26.7 Å². The van der Waals surface area contributed by atoms with Crippen LogP contribution in [0.15, 0.2) is 0 Å². The average molecular weight is 227 g/mol. The van der Waals surface area contributed by atoms with Crippen LogP contribution in [0.3, 0.4) is 0 Å². The number of rotatable bonds is 5. The van der Waals surface area contributed by atoms with Crippen LogP contribution < -0.4 is 10.6 Å². The van der Waals surface area contributed by atoms with Crippen LogP contribution in [-0.2, 0) is 9.53 Å². The zero-order chi connectivity index (χ0) is 11.4. The first-order chi connectivity index (χ1) is 7.79. The molecule has 2 aliphatic heterocycles. The maximum absolute atomic E-state index is 11.6. The third-order valence-corrected chi connectivity index (χ3v) is 3.46.